The van der Waals surface area contributed by atoms with Crippen LogP contribution in [0.25, 0.3) is 0 Å². The first kappa shape index (κ1) is 19.8. The Bertz CT molecular complexity index is 430. The van der Waals surface area contributed by atoms with Crippen LogP contribution in [0.3, 0.4) is 0 Å². The number of halogens is 1. The largest absolute Gasteiger partial charge is 0.444 e. The van der Waals surface area contributed by atoms with Gasteiger partial charge in [-0.3, -0.25) is 9.80 Å². The summed E-state index contributed by atoms with van der Waals surface area (Å²) in [5, 5.41) is 3.37. The lowest BCUT2D eigenvalue weighted by Crippen LogP contribution is -2.68. The van der Waals surface area contributed by atoms with Crippen molar-refractivity contribution in [3.63, 3.8) is 0 Å². The number of piperidine rings is 2. The summed E-state index contributed by atoms with van der Waals surface area (Å²) in [6.45, 7) is 9.79. The highest BCUT2D eigenvalue weighted by Crippen LogP contribution is 2.30. The summed E-state index contributed by atoms with van der Waals surface area (Å²) < 4.78 is 5.35. The van der Waals surface area contributed by atoms with Gasteiger partial charge in [-0.1, -0.05) is 0 Å². The molecule has 0 aromatic carbocycles. The first-order valence-corrected chi connectivity index (χ1v) is 8.87. The molecule has 6 fully saturated rings. The molecule has 140 valence electrons. The van der Waals surface area contributed by atoms with E-state index in [9.17, 15) is 4.79 Å². The summed E-state index contributed by atoms with van der Waals surface area (Å²) in [5.74, 6) is 0. The number of ether oxygens (including phenoxy) is 1. The average molecular weight is 361 g/mol. The number of hydrogen-bond acceptors (Lipinski definition) is 5. The van der Waals surface area contributed by atoms with E-state index in [1.54, 1.807) is 0 Å². The number of carbonyl (C=O) groups is 1. The molecule has 0 saturated carbocycles. The van der Waals surface area contributed by atoms with Crippen molar-refractivity contribution in [2.75, 3.05) is 40.3 Å². The maximum atomic E-state index is 11.8. The molecule has 6 aliphatic heterocycles. The molecule has 4 bridgehead atoms. The fraction of sp³-hybridized carbons (Fsp3) is 0.941. The minimum atomic E-state index is -0.384. The molecule has 0 radical (unpaired) electrons. The van der Waals surface area contributed by atoms with Gasteiger partial charge in [0.2, 0.25) is 0 Å². The van der Waals surface area contributed by atoms with Crippen molar-refractivity contribution in [3.8, 4) is 0 Å². The number of likely N-dealkylation sites (N-methyl/N-ethyl adjacent to an activating group) is 2. The van der Waals surface area contributed by atoms with Crippen LogP contribution in [0.2, 0.25) is 0 Å². The number of rotatable bonds is 0. The zero-order valence-corrected chi connectivity index (χ0v) is 16.4. The van der Waals surface area contributed by atoms with Crippen molar-refractivity contribution >= 4 is 18.5 Å². The summed E-state index contributed by atoms with van der Waals surface area (Å²) in [5.41, 5.74) is -0.384. The van der Waals surface area contributed by atoms with Crippen LogP contribution in [0.4, 0.5) is 4.79 Å². The Morgan fingerprint density at radius 3 is 1.75 bits per heavy atom. The quantitative estimate of drug-likeness (QED) is 0.707. The van der Waals surface area contributed by atoms with Gasteiger partial charge in [0.05, 0.1) is 0 Å². The van der Waals surface area contributed by atoms with E-state index < -0.39 is 0 Å². The van der Waals surface area contributed by atoms with Gasteiger partial charge in [0, 0.05) is 50.3 Å². The van der Waals surface area contributed by atoms with Crippen molar-refractivity contribution in [1.29, 1.82) is 0 Å². The van der Waals surface area contributed by atoms with E-state index in [4.69, 9.17) is 4.74 Å². The molecule has 0 spiro atoms. The lowest BCUT2D eigenvalue weighted by molar-refractivity contribution is -0.0586. The number of fused-ring (bicyclic) bond motifs is 4. The average Bonchev–Trinajstić information content (AvgIpc) is 2.53. The first-order valence-electron chi connectivity index (χ1n) is 8.87. The lowest BCUT2D eigenvalue weighted by Gasteiger charge is -2.54. The number of hydrogen-bond donors (Lipinski definition) is 1. The van der Waals surface area contributed by atoms with Gasteiger partial charge in [-0.05, 0) is 47.7 Å². The molecule has 1 N–H and O–H groups in total. The van der Waals surface area contributed by atoms with Gasteiger partial charge in [0.1, 0.15) is 5.60 Å². The molecule has 6 aliphatic rings. The molecule has 4 unspecified atom stereocenters. The number of carbonyl (C=O) groups excluding carboxylic acids is 1. The molecular formula is C17H33ClN4O2. The number of amides is 1. The zero-order chi connectivity index (χ0) is 16.8. The lowest BCUT2D eigenvalue weighted by atomic mass is 9.89. The third kappa shape index (κ3) is 4.15. The van der Waals surface area contributed by atoms with E-state index in [1.165, 1.54) is 25.9 Å². The predicted molar refractivity (Wildman–Crippen MR) is 97.8 cm³/mol. The Balaban J connectivity index is 0.000000195. The normalized spacial score (nSPS) is 34.8. The summed E-state index contributed by atoms with van der Waals surface area (Å²) in [6, 6.07) is 2.84. The van der Waals surface area contributed by atoms with Crippen molar-refractivity contribution < 1.29 is 9.53 Å². The number of nitrogens with one attached hydrogen (secondary N) is 1. The Morgan fingerprint density at radius 1 is 0.958 bits per heavy atom. The van der Waals surface area contributed by atoms with Crippen LogP contribution in [0.5, 0.6) is 0 Å². The third-order valence-electron chi connectivity index (χ3n) is 5.67. The van der Waals surface area contributed by atoms with E-state index in [-0.39, 0.29) is 24.1 Å². The standard InChI is InChI=1S/C11H20N2O2.C6H12N2.ClH/c1-11(2,3)15-10(14)13-6-8-5-9(7-13)12(8)4;1-8-5-2-6(8)4-7-3-5;/h8-9H,5-7H2,1-4H3;5-7H,2-4H2,1H3;1H. The molecule has 6 nitrogen and oxygen atoms in total. The fourth-order valence-corrected chi connectivity index (χ4v) is 3.95. The second kappa shape index (κ2) is 7.36. The Hall–Kier alpha value is -0.560. The van der Waals surface area contributed by atoms with Gasteiger partial charge in [0.25, 0.3) is 0 Å². The molecular weight excluding hydrogens is 328 g/mol. The molecule has 1 amide bonds. The van der Waals surface area contributed by atoms with Gasteiger partial charge in [-0.2, -0.15) is 0 Å². The van der Waals surface area contributed by atoms with Crippen molar-refractivity contribution in [2.24, 2.45) is 0 Å². The van der Waals surface area contributed by atoms with Crippen molar-refractivity contribution in [3.05, 3.63) is 0 Å². The molecule has 4 atom stereocenters. The van der Waals surface area contributed by atoms with Gasteiger partial charge in [-0.25, -0.2) is 4.79 Å². The highest BCUT2D eigenvalue weighted by atomic mass is 35.5. The topological polar surface area (TPSA) is 48.1 Å². The van der Waals surface area contributed by atoms with Gasteiger partial charge >= 0.3 is 6.09 Å². The molecule has 0 aromatic heterocycles. The summed E-state index contributed by atoms with van der Waals surface area (Å²) in [4.78, 5) is 18.4. The smallest absolute Gasteiger partial charge is 0.410 e. The van der Waals surface area contributed by atoms with E-state index in [0.29, 0.717) is 12.1 Å². The summed E-state index contributed by atoms with van der Waals surface area (Å²) in [6.07, 6.45) is 2.50. The van der Waals surface area contributed by atoms with Gasteiger partial charge in [-0.15, -0.1) is 12.4 Å². The molecule has 6 rings (SSSR count). The highest BCUT2D eigenvalue weighted by Gasteiger charge is 2.44. The molecule has 6 heterocycles. The Morgan fingerprint density at radius 2 is 1.42 bits per heavy atom. The monoisotopic (exact) mass is 360 g/mol. The third-order valence-corrected chi connectivity index (χ3v) is 5.67. The second-order valence-electron chi connectivity index (χ2n) is 8.46. The Kier molecular flexibility index (Phi) is 6.06. The van der Waals surface area contributed by atoms with Crippen LogP contribution < -0.4 is 5.32 Å². The van der Waals surface area contributed by atoms with Crippen molar-refractivity contribution in [2.45, 2.75) is 63.4 Å². The van der Waals surface area contributed by atoms with E-state index in [2.05, 4.69) is 29.2 Å². The first-order chi connectivity index (χ1) is 10.7. The second-order valence-corrected chi connectivity index (χ2v) is 8.46. The van der Waals surface area contributed by atoms with Crippen LogP contribution >= 0.6 is 12.4 Å². The van der Waals surface area contributed by atoms with Crippen LogP contribution in [-0.2, 0) is 4.74 Å². The zero-order valence-electron chi connectivity index (χ0n) is 15.6. The number of piperazine rings is 2. The molecule has 6 saturated heterocycles. The summed E-state index contributed by atoms with van der Waals surface area (Å²) in [7, 11) is 4.35. The molecule has 7 heteroatoms. The maximum Gasteiger partial charge on any atom is 0.410 e. The van der Waals surface area contributed by atoms with Crippen LogP contribution in [-0.4, -0.2) is 90.8 Å². The summed E-state index contributed by atoms with van der Waals surface area (Å²) >= 11 is 0. The van der Waals surface area contributed by atoms with Crippen LogP contribution in [0, 0.1) is 0 Å². The predicted octanol–water partition coefficient (Wildman–Crippen LogP) is 1.39. The minimum absolute atomic E-state index is 0. The minimum Gasteiger partial charge on any atom is -0.444 e. The molecule has 24 heavy (non-hydrogen) atoms. The fourth-order valence-electron chi connectivity index (χ4n) is 3.95. The van der Waals surface area contributed by atoms with Crippen LogP contribution in [0.15, 0.2) is 0 Å². The molecule has 0 aromatic rings. The van der Waals surface area contributed by atoms with Crippen molar-refractivity contribution in [1.82, 2.24) is 20.0 Å². The van der Waals surface area contributed by atoms with E-state index in [1.807, 2.05) is 25.7 Å². The Labute approximate surface area is 152 Å². The number of nitrogens with zero attached hydrogens (tertiary/aromatic N) is 3. The van der Waals surface area contributed by atoms with Gasteiger partial charge < -0.3 is 15.0 Å². The van der Waals surface area contributed by atoms with Gasteiger partial charge in [0.15, 0.2) is 0 Å². The van der Waals surface area contributed by atoms with E-state index in [0.717, 1.165) is 25.2 Å². The maximum absolute atomic E-state index is 11.8. The SMILES string of the molecule is CN1C2CC1CN(C(=O)OC(C)(C)C)C2.CN1C2CNCC1C2.Cl. The highest BCUT2D eigenvalue weighted by molar-refractivity contribution is 5.85. The molecule has 0 aliphatic carbocycles. The van der Waals surface area contributed by atoms with Crippen LogP contribution in [0.1, 0.15) is 33.6 Å². The van der Waals surface area contributed by atoms with E-state index >= 15 is 0 Å².